The van der Waals surface area contributed by atoms with E-state index < -0.39 is 5.82 Å². The molecule has 0 fully saturated rings. The summed E-state index contributed by atoms with van der Waals surface area (Å²) in [7, 11) is 0. The van der Waals surface area contributed by atoms with E-state index in [-0.39, 0.29) is 17.0 Å². The minimum Gasteiger partial charge on any atom is -0.398 e. The number of hydrogen-bond acceptors (Lipinski definition) is 3. The zero-order valence-corrected chi connectivity index (χ0v) is 10.2. The van der Waals surface area contributed by atoms with Crippen LogP contribution in [0.15, 0.2) is 36.4 Å². The van der Waals surface area contributed by atoms with Crippen molar-refractivity contribution in [2.24, 2.45) is 0 Å². The summed E-state index contributed by atoms with van der Waals surface area (Å²) < 4.78 is 18.5. The van der Waals surface area contributed by atoms with Crippen LogP contribution in [0.4, 0.5) is 10.1 Å². The van der Waals surface area contributed by atoms with Crippen LogP contribution in [0.2, 0.25) is 0 Å². The Bertz CT molecular complexity index is 667. The van der Waals surface area contributed by atoms with Gasteiger partial charge in [-0.1, -0.05) is 12.1 Å². The molecule has 0 saturated carbocycles. The fraction of sp³-hybridized carbons (Fsp3) is 0.133. The van der Waals surface area contributed by atoms with E-state index >= 15 is 0 Å². The van der Waals surface area contributed by atoms with E-state index in [9.17, 15) is 9.18 Å². The van der Waals surface area contributed by atoms with Gasteiger partial charge in [0.15, 0.2) is 5.78 Å². The van der Waals surface area contributed by atoms with E-state index in [1.807, 2.05) is 6.07 Å². The number of ether oxygens (including phenoxy) is 1. The molecule has 96 valence electrons. The van der Waals surface area contributed by atoms with E-state index in [2.05, 4.69) is 0 Å². The molecule has 0 aromatic heterocycles. The Balaban J connectivity index is 2.02. The van der Waals surface area contributed by atoms with Crippen LogP contribution in [-0.2, 0) is 18.0 Å². The highest BCUT2D eigenvalue weighted by atomic mass is 19.1. The van der Waals surface area contributed by atoms with Crippen LogP contribution in [0.3, 0.4) is 0 Å². The molecule has 1 aliphatic heterocycles. The predicted octanol–water partition coefficient (Wildman–Crippen LogP) is 2.67. The molecule has 2 aromatic rings. The molecule has 4 heteroatoms. The van der Waals surface area contributed by atoms with Crippen LogP contribution in [0.5, 0.6) is 0 Å². The fourth-order valence-electron chi connectivity index (χ4n) is 2.19. The third-order valence-electron chi connectivity index (χ3n) is 3.24. The Labute approximate surface area is 109 Å². The van der Waals surface area contributed by atoms with E-state index in [1.54, 1.807) is 12.1 Å². The molecule has 2 N–H and O–H groups in total. The van der Waals surface area contributed by atoms with Crippen molar-refractivity contribution in [2.75, 3.05) is 5.73 Å². The maximum Gasteiger partial charge on any atom is 0.195 e. The smallest absolute Gasteiger partial charge is 0.195 e. The number of fused-ring (bicyclic) bond motifs is 1. The minimum atomic E-state index is -0.470. The Hall–Kier alpha value is -2.20. The lowest BCUT2D eigenvalue weighted by atomic mass is 9.98. The topological polar surface area (TPSA) is 52.3 Å². The van der Waals surface area contributed by atoms with Crippen molar-refractivity contribution < 1.29 is 13.9 Å². The number of ketones is 1. The molecular formula is C15H12FNO2. The summed E-state index contributed by atoms with van der Waals surface area (Å²) in [5, 5.41) is 0. The third kappa shape index (κ3) is 2.11. The fourth-order valence-corrected chi connectivity index (χ4v) is 2.19. The Kier molecular flexibility index (Phi) is 2.80. The molecule has 2 aromatic carbocycles. The normalized spacial score (nSPS) is 13.3. The Morgan fingerprint density at radius 1 is 1.11 bits per heavy atom. The first-order chi connectivity index (χ1) is 9.15. The quantitative estimate of drug-likeness (QED) is 0.664. The molecule has 1 heterocycles. The summed E-state index contributed by atoms with van der Waals surface area (Å²) in [6.07, 6.45) is 0. The largest absolute Gasteiger partial charge is 0.398 e. The summed E-state index contributed by atoms with van der Waals surface area (Å²) in [6.45, 7) is 1.08. The van der Waals surface area contributed by atoms with Gasteiger partial charge in [-0.05, 0) is 35.4 Å². The predicted molar refractivity (Wildman–Crippen MR) is 69.2 cm³/mol. The van der Waals surface area contributed by atoms with Crippen LogP contribution in [0.25, 0.3) is 0 Å². The van der Waals surface area contributed by atoms with E-state index in [0.717, 1.165) is 11.1 Å². The van der Waals surface area contributed by atoms with E-state index in [1.165, 1.54) is 18.2 Å². The standard InChI is InChI=1S/C15H12FNO2/c16-12-3-4-14(17)13(6-12)15(18)9-1-2-10-7-19-8-11(10)5-9/h1-6H,7-8,17H2. The average Bonchev–Trinajstić information content (AvgIpc) is 2.88. The van der Waals surface area contributed by atoms with Crippen LogP contribution in [0.1, 0.15) is 27.0 Å². The van der Waals surface area contributed by atoms with E-state index in [0.29, 0.717) is 18.8 Å². The van der Waals surface area contributed by atoms with Crippen LogP contribution in [0, 0.1) is 5.82 Å². The molecule has 0 aliphatic carbocycles. The highest BCUT2D eigenvalue weighted by Gasteiger charge is 2.17. The van der Waals surface area contributed by atoms with Crippen LogP contribution in [-0.4, -0.2) is 5.78 Å². The highest BCUT2D eigenvalue weighted by Crippen LogP contribution is 2.24. The lowest BCUT2D eigenvalue weighted by Gasteiger charge is -2.06. The second-order valence-corrected chi connectivity index (χ2v) is 4.54. The van der Waals surface area contributed by atoms with Crippen molar-refractivity contribution in [3.05, 3.63) is 64.5 Å². The second kappa shape index (κ2) is 4.48. The number of hydrogen-bond donors (Lipinski definition) is 1. The van der Waals surface area contributed by atoms with Crippen molar-refractivity contribution in [2.45, 2.75) is 13.2 Å². The third-order valence-corrected chi connectivity index (χ3v) is 3.24. The molecule has 0 spiro atoms. The summed E-state index contributed by atoms with van der Waals surface area (Å²) >= 11 is 0. The number of nitrogen functional groups attached to an aromatic ring is 1. The molecule has 0 amide bonds. The van der Waals surface area contributed by atoms with Gasteiger partial charge in [0.05, 0.1) is 13.2 Å². The number of benzene rings is 2. The lowest BCUT2D eigenvalue weighted by Crippen LogP contribution is -2.06. The summed E-state index contributed by atoms with van der Waals surface area (Å²) in [6, 6.07) is 9.18. The number of rotatable bonds is 2. The molecular weight excluding hydrogens is 245 g/mol. The number of carbonyl (C=O) groups excluding carboxylic acids is 1. The number of nitrogens with two attached hydrogens (primary N) is 1. The van der Waals surface area contributed by atoms with Gasteiger partial charge in [0.2, 0.25) is 0 Å². The first kappa shape index (κ1) is 11.9. The Morgan fingerprint density at radius 3 is 2.74 bits per heavy atom. The first-order valence-electron chi connectivity index (χ1n) is 5.94. The molecule has 0 radical (unpaired) electrons. The number of halogens is 1. The molecule has 0 atom stereocenters. The maximum atomic E-state index is 13.2. The zero-order valence-electron chi connectivity index (χ0n) is 10.2. The summed E-state index contributed by atoms with van der Waals surface area (Å²) in [5.74, 6) is -0.742. The van der Waals surface area contributed by atoms with Crippen LogP contribution < -0.4 is 5.73 Å². The van der Waals surface area contributed by atoms with Crippen molar-refractivity contribution in [1.82, 2.24) is 0 Å². The van der Waals surface area contributed by atoms with Crippen LogP contribution >= 0.6 is 0 Å². The molecule has 0 unspecified atom stereocenters. The summed E-state index contributed by atoms with van der Waals surface area (Å²) in [4.78, 5) is 12.3. The molecule has 19 heavy (non-hydrogen) atoms. The van der Waals surface area contributed by atoms with Crippen molar-refractivity contribution >= 4 is 11.5 Å². The highest BCUT2D eigenvalue weighted by molar-refractivity contribution is 6.12. The van der Waals surface area contributed by atoms with Crippen molar-refractivity contribution in [3.63, 3.8) is 0 Å². The van der Waals surface area contributed by atoms with Gasteiger partial charge < -0.3 is 10.5 Å². The average molecular weight is 257 g/mol. The monoisotopic (exact) mass is 257 g/mol. The molecule has 3 rings (SSSR count). The van der Waals surface area contributed by atoms with Gasteiger partial charge in [-0.25, -0.2) is 4.39 Å². The maximum absolute atomic E-state index is 13.2. The second-order valence-electron chi connectivity index (χ2n) is 4.54. The van der Waals surface area contributed by atoms with Gasteiger partial charge in [-0.2, -0.15) is 0 Å². The van der Waals surface area contributed by atoms with Gasteiger partial charge in [-0.3, -0.25) is 4.79 Å². The van der Waals surface area contributed by atoms with Gasteiger partial charge in [0, 0.05) is 16.8 Å². The lowest BCUT2D eigenvalue weighted by molar-refractivity contribution is 0.103. The number of carbonyl (C=O) groups is 1. The van der Waals surface area contributed by atoms with Crippen molar-refractivity contribution in [1.29, 1.82) is 0 Å². The SMILES string of the molecule is Nc1ccc(F)cc1C(=O)c1ccc2c(c1)COC2. The van der Waals surface area contributed by atoms with Gasteiger partial charge >= 0.3 is 0 Å². The first-order valence-corrected chi connectivity index (χ1v) is 5.94. The Morgan fingerprint density at radius 2 is 1.89 bits per heavy atom. The van der Waals surface area contributed by atoms with E-state index in [4.69, 9.17) is 10.5 Å². The number of anilines is 1. The molecule has 0 bridgehead atoms. The van der Waals surface area contributed by atoms with Gasteiger partial charge in [0.1, 0.15) is 5.82 Å². The molecule has 0 saturated heterocycles. The minimum absolute atomic E-state index is 0.193. The van der Waals surface area contributed by atoms with Crippen molar-refractivity contribution in [3.8, 4) is 0 Å². The molecule has 3 nitrogen and oxygen atoms in total. The van der Waals surface area contributed by atoms with Gasteiger partial charge in [0.25, 0.3) is 0 Å². The van der Waals surface area contributed by atoms with Gasteiger partial charge in [-0.15, -0.1) is 0 Å². The molecule has 1 aliphatic rings. The summed E-state index contributed by atoms with van der Waals surface area (Å²) in [5.41, 5.74) is 8.79. The zero-order chi connectivity index (χ0) is 13.4.